The van der Waals surface area contributed by atoms with Crippen molar-refractivity contribution in [2.45, 2.75) is 399 Å². The third kappa shape index (κ3) is 62.9. The van der Waals surface area contributed by atoms with Gasteiger partial charge in [-0.1, -0.05) is 341 Å². The van der Waals surface area contributed by atoms with Crippen LogP contribution in [0.5, 0.6) is 0 Å². The van der Waals surface area contributed by atoms with Gasteiger partial charge in [0.25, 0.3) is 0 Å². The molecule has 0 saturated heterocycles. The van der Waals surface area contributed by atoms with Crippen molar-refractivity contribution in [1.82, 2.24) is 0 Å². The molecule has 0 bridgehead atoms. The normalized spacial score (nSPS) is 12.0. The zero-order chi connectivity index (χ0) is 54.3. The van der Waals surface area contributed by atoms with Crippen molar-refractivity contribution in [1.29, 1.82) is 0 Å². The van der Waals surface area contributed by atoms with E-state index in [0.29, 0.717) is 19.3 Å². The molecule has 0 heterocycles. The van der Waals surface area contributed by atoms with Crippen molar-refractivity contribution in [2.75, 3.05) is 13.2 Å². The van der Waals surface area contributed by atoms with E-state index in [9.17, 15) is 14.4 Å². The lowest BCUT2D eigenvalue weighted by molar-refractivity contribution is -0.167. The topological polar surface area (TPSA) is 78.9 Å². The summed E-state index contributed by atoms with van der Waals surface area (Å²) in [5, 5.41) is 0. The van der Waals surface area contributed by atoms with Gasteiger partial charge in [-0.3, -0.25) is 14.4 Å². The monoisotopic (exact) mass is 1060 g/mol. The molecular formula is C69H132O6. The van der Waals surface area contributed by atoms with Crippen LogP contribution in [0.4, 0.5) is 0 Å². The van der Waals surface area contributed by atoms with Crippen molar-refractivity contribution < 1.29 is 28.6 Å². The molecule has 75 heavy (non-hydrogen) atoms. The summed E-state index contributed by atoms with van der Waals surface area (Å²) in [4.78, 5) is 38.3. The Morgan fingerprint density at radius 3 is 0.667 bits per heavy atom. The van der Waals surface area contributed by atoms with Crippen molar-refractivity contribution in [3.8, 4) is 0 Å². The van der Waals surface area contributed by atoms with Crippen LogP contribution >= 0.6 is 0 Å². The summed E-state index contributed by atoms with van der Waals surface area (Å²) in [5.41, 5.74) is 0. The summed E-state index contributed by atoms with van der Waals surface area (Å²) in [6.45, 7) is 6.71. The van der Waals surface area contributed by atoms with E-state index in [0.717, 1.165) is 57.8 Å². The Bertz CT molecular complexity index is 1170. The van der Waals surface area contributed by atoms with Gasteiger partial charge in [-0.05, 0) is 44.9 Å². The molecule has 0 aromatic heterocycles. The summed E-state index contributed by atoms with van der Waals surface area (Å²) in [7, 11) is 0. The quantitative estimate of drug-likeness (QED) is 0.0261. The molecule has 0 aliphatic carbocycles. The van der Waals surface area contributed by atoms with E-state index in [1.54, 1.807) is 0 Å². The van der Waals surface area contributed by atoms with Gasteiger partial charge in [0.2, 0.25) is 0 Å². The molecule has 0 spiro atoms. The van der Waals surface area contributed by atoms with Gasteiger partial charge in [0.05, 0.1) is 0 Å². The molecule has 0 saturated carbocycles. The van der Waals surface area contributed by atoms with Gasteiger partial charge in [-0.15, -0.1) is 0 Å². The number of allylic oxidation sites excluding steroid dienone is 2. The van der Waals surface area contributed by atoms with Gasteiger partial charge in [0, 0.05) is 19.3 Å². The molecule has 6 nitrogen and oxygen atoms in total. The molecule has 0 aliphatic rings. The largest absolute Gasteiger partial charge is 0.462 e. The van der Waals surface area contributed by atoms with E-state index in [-0.39, 0.29) is 31.1 Å². The highest BCUT2D eigenvalue weighted by Gasteiger charge is 2.19. The smallest absolute Gasteiger partial charge is 0.306 e. The van der Waals surface area contributed by atoms with Crippen molar-refractivity contribution in [3.63, 3.8) is 0 Å². The Labute approximate surface area is 469 Å². The average molecular weight is 1060 g/mol. The van der Waals surface area contributed by atoms with Crippen molar-refractivity contribution in [2.24, 2.45) is 0 Å². The van der Waals surface area contributed by atoms with E-state index in [1.807, 2.05) is 0 Å². The maximum Gasteiger partial charge on any atom is 0.306 e. The lowest BCUT2D eigenvalue weighted by Crippen LogP contribution is -2.30. The fraction of sp³-hybridized carbons (Fsp3) is 0.928. The third-order valence-electron chi connectivity index (χ3n) is 15.8. The summed E-state index contributed by atoms with van der Waals surface area (Å²) in [6.07, 6.45) is 76.7. The Morgan fingerprint density at radius 1 is 0.253 bits per heavy atom. The predicted octanol–water partition coefficient (Wildman–Crippen LogP) is 23.2. The van der Waals surface area contributed by atoms with Gasteiger partial charge in [0.1, 0.15) is 13.2 Å². The first-order valence-electron chi connectivity index (χ1n) is 34.2. The van der Waals surface area contributed by atoms with Crippen LogP contribution < -0.4 is 0 Å². The predicted molar refractivity (Wildman–Crippen MR) is 326 cm³/mol. The third-order valence-corrected chi connectivity index (χ3v) is 15.8. The number of carbonyl (C=O) groups excluding carboxylic acids is 3. The second-order valence-corrected chi connectivity index (χ2v) is 23.5. The van der Waals surface area contributed by atoms with Crippen LogP contribution in [0.2, 0.25) is 0 Å². The molecule has 0 aromatic carbocycles. The zero-order valence-corrected chi connectivity index (χ0v) is 51.1. The Hall–Kier alpha value is -1.85. The Balaban J connectivity index is 4.14. The average Bonchev–Trinajstić information content (AvgIpc) is 3.41. The summed E-state index contributed by atoms with van der Waals surface area (Å²) in [5.74, 6) is -0.839. The molecule has 6 heteroatoms. The van der Waals surface area contributed by atoms with E-state index in [2.05, 4.69) is 32.9 Å². The highest BCUT2D eigenvalue weighted by molar-refractivity contribution is 5.71. The highest BCUT2D eigenvalue weighted by atomic mass is 16.6. The van der Waals surface area contributed by atoms with Gasteiger partial charge in [0.15, 0.2) is 6.10 Å². The van der Waals surface area contributed by atoms with E-state index in [4.69, 9.17) is 14.2 Å². The van der Waals surface area contributed by atoms with Crippen LogP contribution in [0.1, 0.15) is 393 Å². The van der Waals surface area contributed by atoms with E-state index >= 15 is 0 Å². The SMILES string of the molecule is CCCCCCCC/C=C\CCCCCCCCCC(=O)OC(COC(=O)CCCCCCCCCCCCCC)COC(=O)CCCCCCCCCCCCCCCCCCCCCCCCCCCCCC. The van der Waals surface area contributed by atoms with Crippen molar-refractivity contribution in [3.05, 3.63) is 12.2 Å². The first kappa shape index (κ1) is 73.2. The van der Waals surface area contributed by atoms with Crippen LogP contribution in [-0.4, -0.2) is 37.2 Å². The molecular weight excluding hydrogens is 925 g/mol. The maximum absolute atomic E-state index is 12.9. The summed E-state index contributed by atoms with van der Waals surface area (Å²) >= 11 is 0. The molecule has 0 rings (SSSR count). The van der Waals surface area contributed by atoms with Crippen LogP contribution in [0, 0.1) is 0 Å². The number of carbonyl (C=O) groups is 3. The molecule has 0 N–H and O–H groups in total. The Kier molecular flexibility index (Phi) is 63.1. The molecule has 0 fully saturated rings. The van der Waals surface area contributed by atoms with Gasteiger partial charge in [-0.25, -0.2) is 0 Å². The maximum atomic E-state index is 12.9. The van der Waals surface area contributed by atoms with Gasteiger partial charge >= 0.3 is 17.9 Å². The number of hydrogen-bond acceptors (Lipinski definition) is 6. The number of hydrogen-bond donors (Lipinski definition) is 0. The second-order valence-electron chi connectivity index (χ2n) is 23.5. The molecule has 0 radical (unpaired) electrons. The number of ether oxygens (including phenoxy) is 3. The van der Waals surface area contributed by atoms with Crippen molar-refractivity contribution >= 4 is 17.9 Å². The summed E-state index contributed by atoms with van der Waals surface area (Å²) in [6, 6.07) is 0. The number of unbranched alkanes of at least 4 members (excludes halogenated alkanes) is 51. The van der Waals surface area contributed by atoms with Gasteiger partial charge in [-0.2, -0.15) is 0 Å². The minimum Gasteiger partial charge on any atom is -0.462 e. The molecule has 444 valence electrons. The standard InChI is InChI=1S/C69H132O6/c1-4-7-10-13-16-19-22-25-27-29-30-31-32-33-34-35-36-37-38-39-41-42-44-47-50-53-56-59-62-68(71)74-65-66(64-73-67(70)61-58-55-52-49-46-24-21-18-15-12-9-6-3)75-69(72)63-60-57-54-51-48-45-43-40-28-26-23-20-17-14-11-8-5-2/h26,28,66H,4-25,27,29-65H2,1-3H3/b28-26-. The molecule has 1 unspecified atom stereocenters. The van der Waals surface area contributed by atoms with Crippen LogP contribution in [0.25, 0.3) is 0 Å². The number of rotatable bonds is 64. The lowest BCUT2D eigenvalue weighted by Gasteiger charge is -2.18. The first-order valence-corrected chi connectivity index (χ1v) is 34.2. The Morgan fingerprint density at radius 2 is 0.440 bits per heavy atom. The molecule has 0 amide bonds. The van der Waals surface area contributed by atoms with Crippen LogP contribution in [0.15, 0.2) is 12.2 Å². The first-order chi connectivity index (χ1) is 37.0. The fourth-order valence-electron chi connectivity index (χ4n) is 10.6. The zero-order valence-electron chi connectivity index (χ0n) is 51.1. The van der Waals surface area contributed by atoms with Crippen LogP contribution in [-0.2, 0) is 28.6 Å². The fourth-order valence-corrected chi connectivity index (χ4v) is 10.6. The molecule has 0 aliphatic heterocycles. The summed E-state index contributed by atoms with van der Waals surface area (Å²) < 4.78 is 17.0. The van der Waals surface area contributed by atoms with E-state index < -0.39 is 6.10 Å². The van der Waals surface area contributed by atoms with Gasteiger partial charge < -0.3 is 14.2 Å². The minimum absolute atomic E-state index is 0.0652. The number of esters is 3. The van der Waals surface area contributed by atoms with Crippen LogP contribution in [0.3, 0.4) is 0 Å². The molecule has 0 aromatic rings. The molecule has 1 atom stereocenters. The highest BCUT2D eigenvalue weighted by Crippen LogP contribution is 2.19. The second kappa shape index (κ2) is 64.7. The van der Waals surface area contributed by atoms with E-state index in [1.165, 1.54) is 295 Å². The minimum atomic E-state index is -0.768. The lowest BCUT2D eigenvalue weighted by atomic mass is 10.0.